The highest BCUT2D eigenvalue weighted by Gasteiger charge is 2.25. The zero-order chi connectivity index (χ0) is 26.5. The first-order chi connectivity index (χ1) is 16.9. The number of anilines is 1. The van der Waals surface area contributed by atoms with E-state index in [0.717, 1.165) is 5.39 Å². The molecule has 0 aliphatic carbocycles. The van der Waals surface area contributed by atoms with E-state index in [1.807, 2.05) is 6.07 Å². The Morgan fingerprint density at radius 2 is 1.72 bits per heavy atom. The van der Waals surface area contributed by atoms with Gasteiger partial charge >= 0.3 is 16.3 Å². The van der Waals surface area contributed by atoms with Gasteiger partial charge in [0.25, 0.3) is 0 Å². The van der Waals surface area contributed by atoms with Gasteiger partial charge in [0.2, 0.25) is 5.91 Å². The molecule has 0 bridgehead atoms. The van der Waals surface area contributed by atoms with Gasteiger partial charge in [-0.1, -0.05) is 0 Å². The third-order valence-electron chi connectivity index (χ3n) is 5.30. The molecular formula is C22H32N6O7S. The maximum Gasteiger partial charge on any atom is 0.422 e. The van der Waals surface area contributed by atoms with Gasteiger partial charge < -0.3 is 24.0 Å². The van der Waals surface area contributed by atoms with Crippen molar-refractivity contribution < 1.29 is 32.2 Å². The van der Waals surface area contributed by atoms with Gasteiger partial charge in [-0.05, 0) is 33.3 Å². The summed E-state index contributed by atoms with van der Waals surface area (Å²) < 4.78 is 43.7. The topological polar surface area (TPSA) is 152 Å². The summed E-state index contributed by atoms with van der Waals surface area (Å²) in [5.41, 5.74) is -0.166. The quantitative estimate of drug-likeness (QED) is 0.537. The fourth-order valence-corrected chi connectivity index (χ4v) is 4.36. The summed E-state index contributed by atoms with van der Waals surface area (Å²) in [6, 6.07) is 3.61. The highest BCUT2D eigenvalue weighted by Crippen LogP contribution is 2.34. The summed E-state index contributed by atoms with van der Waals surface area (Å²) in [5, 5.41) is 0.788. The number of nitrogens with zero attached hydrogens (tertiary/aromatic N) is 4. The van der Waals surface area contributed by atoms with Crippen LogP contribution in [0.3, 0.4) is 0 Å². The molecule has 13 nitrogen and oxygen atoms in total. The van der Waals surface area contributed by atoms with Crippen molar-refractivity contribution in [3.8, 4) is 11.5 Å². The van der Waals surface area contributed by atoms with Crippen LogP contribution in [0.4, 0.5) is 10.6 Å². The van der Waals surface area contributed by atoms with Crippen LogP contribution in [-0.2, 0) is 19.7 Å². The molecule has 2 amide bonds. The number of hydrogen-bond acceptors (Lipinski definition) is 10. The van der Waals surface area contributed by atoms with Gasteiger partial charge in [0.1, 0.15) is 17.7 Å². The number of ether oxygens (including phenoxy) is 3. The Labute approximate surface area is 210 Å². The molecule has 2 N–H and O–H groups in total. The standard InChI is InChI=1S/C22H32N6O7S/c1-22(2,3)35-21(30)26-36(31,32)25-13-19(29)27-7-6-8-28(10-9-27)20-15-11-17(33-4)18(34-5)12-16(15)23-14-24-20/h11-12,14,25H,6-10,13H2,1-5H3,(H,26,30). The van der Waals surface area contributed by atoms with Gasteiger partial charge in [0, 0.05) is 37.6 Å². The van der Waals surface area contributed by atoms with Crippen LogP contribution in [0.1, 0.15) is 27.2 Å². The molecule has 1 saturated heterocycles. The molecule has 0 unspecified atom stereocenters. The fourth-order valence-electron chi connectivity index (χ4n) is 3.71. The van der Waals surface area contributed by atoms with E-state index < -0.39 is 34.4 Å². The molecule has 2 aromatic rings. The van der Waals surface area contributed by atoms with Crippen molar-refractivity contribution in [1.29, 1.82) is 0 Å². The Morgan fingerprint density at radius 3 is 2.39 bits per heavy atom. The zero-order valence-corrected chi connectivity index (χ0v) is 21.8. The van der Waals surface area contributed by atoms with Crippen LogP contribution in [-0.4, -0.2) is 87.8 Å². The highest BCUT2D eigenvalue weighted by molar-refractivity contribution is 7.88. The van der Waals surface area contributed by atoms with Crippen LogP contribution in [0, 0.1) is 0 Å². The number of rotatable bonds is 7. The lowest BCUT2D eigenvalue weighted by atomic mass is 10.2. The van der Waals surface area contributed by atoms with Crippen molar-refractivity contribution in [3.05, 3.63) is 18.5 Å². The van der Waals surface area contributed by atoms with Crippen LogP contribution < -0.4 is 23.8 Å². The predicted octanol–water partition coefficient (Wildman–Crippen LogP) is 1.04. The molecule has 36 heavy (non-hydrogen) atoms. The minimum absolute atomic E-state index is 0.360. The fraction of sp³-hybridized carbons (Fsp3) is 0.545. The van der Waals surface area contributed by atoms with Gasteiger partial charge in [-0.25, -0.2) is 19.5 Å². The number of fused-ring (bicyclic) bond motifs is 1. The monoisotopic (exact) mass is 524 g/mol. The molecule has 0 saturated carbocycles. The Bertz CT molecular complexity index is 1220. The van der Waals surface area contributed by atoms with Crippen LogP contribution in [0.15, 0.2) is 18.5 Å². The van der Waals surface area contributed by atoms with E-state index in [9.17, 15) is 18.0 Å². The smallest absolute Gasteiger partial charge is 0.422 e. The molecule has 1 aliphatic rings. The average molecular weight is 525 g/mol. The van der Waals surface area contributed by atoms with Crippen molar-refractivity contribution >= 4 is 38.9 Å². The average Bonchev–Trinajstić information content (AvgIpc) is 3.06. The van der Waals surface area contributed by atoms with Crippen molar-refractivity contribution in [3.63, 3.8) is 0 Å². The zero-order valence-electron chi connectivity index (χ0n) is 21.0. The van der Waals surface area contributed by atoms with Crippen LogP contribution in [0.5, 0.6) is 11.5 Å². The third kappa shape index (κ3) is 7.07. The van der Waals surface area contributed by atoms with E-state index in [1.165, 1.54) is 6.33 Å². The summed E-state index contributed by atoms with van der Waals surface area (Å²) in [6.45, 7) is 6.25. The van der Waals surface area contributed by atoms with Gasteiger partial charge in [-0.15, -0.1) is 0 Å². The highest BCUT2D eigenvalue weighted by atomic mass is 32.2. The third-order valence-corrected chi connectivity index (χ3v) is 6.26. The number of carbonyl (C=O) groups is 2. The number of nitrogens with one attached hydrogen (secondary N) is 2. The Morgan fingerprint density at radius 1 is 1.03 bits per heavy atom. The molecule has 2 heterocycles. The van der Waals surface area contributed by atoms with E-state index >= 15 is 0 Å². The first-order valence-electron chi connectivity index (χ1n) is 11.3. The van der Waals surface area contributed by atoms with Gasteiger partial charge in [-0.3, -0.25) is 4.79 Å². The summed E-state index contributed by atoms with van der Waals surface area (Å²) >= 11 is 0. The largest absolute Gasteiger partial charge is 0.493 e. The SMILES string of the molecule is COc1cc2ncnc(N3CCCN(C(=O)CNS(=O)(=O)NC(=O)OC(C)(C)C)CC3)c2cc1OC. The Balaban J connectivity index is 1.64. The van der Waals surface area contributed by atoms with E-state index in [0.29, 0.717) is 55.4 Å². The van der Waals surface area contributed by atoms with Crippen molar-refractivity contribution in [2.75, 3.05) is 51.8 Å². The lowest BCUT2D eigenvalue weighted by Crippen LogP contribution is -2.47. The van der Waals surface area contributed by atoms with Gasteiger partial charge in [0.15, 0.2) is 11.5 Å². The number of amides is 2. The maximum atomic E-state index is 12.7. The van der Waals surface area contributed by atoms with Crippen molar-refractivity contribution in [1.82, 2.24) is 24.3 Å². The number of hydrogen-bond donors (Lipinski definition) is 2. The van der Waals surface area contributed by atoms with Gasteiger partial charge in [0.05, 0.1) is 26.3 Å². The lowest BCUT2D eigenvalue weighted by molar-refractivity contribution is -0.129. The van der Waals surface area contributed by atoms with E-state index in [-0.39, 0.29) is 0 Å². The van der Waals surface area contributed by atoms with Crippen molar-refractivity contribution in [2.24, 2.45) is 0 Å². The molecule has 3 rings (SSSR count). The number of aromatic nitrogens is 2. The number of methoxy groups -OCH3 is 2. The molecule has 1 aromatic heterocycles. The molecule has 1 aliphatic heterocycles. The molecule has 1 aromatic carbocycles. The molecule has 0 radical (unpaired) electrons. The lowest BCUT2D eigenvalue weighted by Gasteiger charge is -2.24. The summed E-state index contributed by atoms with van der Waals surface area (Å²) in [4.78, 5) is 36.9. The second kappa shape index (κ2) is 11.1. The van der Waals surface area contributed by atoms with E-state index in [2.05, 4.69) is 19.6 Å². The molecule has 14 heteroatoms. The molecule has 0 spiro atoms. The van der Waals surface area contributed by atoms with Crippen LogP contribution >= 0.6 is 0 Å². The normalized spacial score (nSPS) is 14.8. The van der Waals surface area contributed by atoms with E-state index in [1.54, 1.807) is 50.7 Å². The van der Waals surface area contributed by atoms with Crippen LogP contribution in [0.25, 0.3) is 10.9 Å². The predicted molar refractivity (Wildman–Crippen MR) is 132 cm³/mol. The van der Waals surface area contributed by atoms with Crippen molar-refractivity contribution in [2.45, 2.75) is 32.8 Å². The number of benzene rings is 1. The molecular weight excluding hydrogens is 492 g/mol. The maximum absolute atomic E-state index is 12.7. The molecule has 198 valence electrons. The minimum Gasteiger partial charge on any atom is -0.493 e. The summed E-state index contributed by atoms with van der Waals surface area (Å²) in [7, 11) is -1.15. The first kappa shape index (κ1) is 27.2. The Hall–Kier alpha value is -3.39. The first-order valence-corrected chi connectivity index (χ1v) is 12.8. The molecule has 1 fully saturated rings. The summed E-state index contributed by atoms with van der Waals surface area (Å²) in [5.74, 6) is 1.41. The second-order valence-corrected chi connectivity index (χ2v) is 10.6. The molecule has 0 atom stereocenters. The minimum atomic E-state index is -4.26. The van der Waals surface area contributed by atoms with Crippen LogP contribution in [0.2, 0.25) is 0 Å². The summed E-state index contributed by atoms with van der Waals surface area (Å²) in [6.07, 6.45) is 0.997. The van der Waals surface area contributed by atoms with E-state index in [4.69, 9.17) is 14.2 Å². The number of carbonyl (C=O) groups excluding carboxylic acids is 2. The van der Waals surface area contributed by atoms with Gasteiger partial charge in [-0.2, -0.15) is 13.1 Å². The second-order valence-electron chi connectivity index (χ2n) is 9.07. The Kier molecular flexibility index (Phi) is 8.40.